The second-order valence-electron chi connectivity index (χ2n) is 3.73. The van der Waals surface area contributed by atoms with E-state index in [1.807, 2.05) is 38.1 Å². The van der Waals surface area contributed by atoms with Gasteiger partial charge in [0.2, 0.25) is 0 Å². The zero-order chi connectivity index (χ0) is 14.3. The summed E-state index contributed by atoms with van der Waals surface area (Å²) in [6.45, 7) is 4.65. The van der Waals surface area contributed by atoms with Crippen LogP contribution in [0, 0.1) is 3.57 Å². The lowest BCUT2D eigenvalue weighted by Gasteiger charge is -2.16. The zero-order valence-corrected chi connectivity index (χ0v) is 13.0. The van der Waals surface area contributed by atoms with Gasteiger partial charge in [0.15, 0.2) is 0 Å². The maximum Gasteiger partial charge on any atom is 0.329 e. The number of carbonyl (C=O) groups excluding carboxylic acids is 2. The smallest absolute Gasteiger partial charge is 0.329 e. The predicted octanol–water partition coefficient (Wildman–Crippen LogP) is 1.61. The summed E-state index contributed by atoms with van der Waals surface area (Å²) in [5, 5.41) is 3.77. The Hall–Kier alpha value is -1.44. The summed E-state index contributed by atoms with van der Waals surface area (Å²) in [5.41, 5.74) is 3.09. The summed E-state index contributed by atoms with van der Waals surface area (Å²) < 4.78 is 1.12. The Morgan fingerprint density at radius 2 is 1.84 bits per heavy atom. The molecular formula is C13H16IN3O2. The van der Waals surface area contributed by atoms with Crippen molar-refractivity contribution in [2.45, 2.75) is 13.8 Å². The van der Waals surface area contributed by atoms with Crippen molar-refractivity contribution in [1.82, 2.24) is 10.3 Å². The molecule has 1 N–H and O–H groups in total. The number of halogens is 1. The van der Waals surface area contributed by atoms with Crippen LogP contribution in [0.5, 0.6) is 0 Å². The van der Waals surface area contributed by atoms with Crippen molar-refractivity contribution in [3.05, 3.63) is 33.4 Å². The fourth-order valence-corrected chi connectivity index (χ4v) is 1.78. The molecule has 0 unspecified atom stereocenters. The van der Waals surface area contributed by atoms with Crippen LogP contribution in [0.25, 0.3) is 0 Å². The molecule has 0 aliphatic rings. The summed E-state index contributed by atoms with van der Waals surface area (Å²) in [6, 6.07) is 7.63. The molecule has 19 heavy (non-hydrogen) atoms. The molecule has 0 atom stereocenters. The van der Waals surface area contributed by atoms with Crippen LogP contribution >= 0.6 is 22.6 Å². The largest absolute Gasteiger partial charge is 0.335 e. The third-order valence-corrected chi connectivity index (χ3v) is 3.21. The van der Waals surface area contributed by atoms with Crippen LogP contribution in [0.3, 0.4) is 0 Å². The number of rotatable bonds is 4. The molecule has 0 spiro atoms. The van der Waals surface area contributed by atoms with Gasteiger partial charge in [0, 0.05) is 16.7 Å². The molecule has 1 aromatic rings. The third-order valence-electron chi connectivity index (χ3n) is 2.49. The maximum absolute atomic E-state index is 11.6. The summed E-state index contributed by atoms with van der Waals surface area (Å²) in [5.74, 6) is -1.28. The van der Waals surface area contributed by atoms with Gasteiger partial charge in [-0.1, -0.05) is 12.1 Å². The van der Waals surface area contributed by atoms with Crippen LogP contribution < -0.4 is 5.43 Å². The van der Waals surface area contributed by atoms with Gasteiger partial charge in [-0.05, 0) is 54.1 Å². The highest BCUT2D eigenvalue weighted by atomic mass is 127. The van der Waals surface area contributed by atoms with Crippen molar-refractivity contribution < 1.29 is 9.59 Å². The lowest BCUT2D eigenvalue weighted by molar-refractivity contribution is -0.145. The zero-order valence-electron chi connectivity index (χ0n) is 10.9. The van der Waals surface area contributed by atoms with Crippen molar-refractivity contribution in [2.75, 3.05) is 13.1 Å². The van der Waals surface area contributed by atoms with Gasteiger partial charge in [-0.25, -0.2) is 5.43 Å². The van der Waals surface area contributed by atoms with E-state index >= 15 is 0 Å². The Morgan fingerprint density at radius 3 is 2.37 bits per heavy atom. The summed E-state index contributed by atoms with van der Waals surface area (Å²) in [4.78, 5) is 24.6. The van der Waals surface area contributed by atoms with Crippen LogP contribution in [-0.2, 0) is 9.59 Å². The molecule has 0 aromatic heterocycles. The summed E-state index contributed by atoms with van der Waals surface area (Å²) in [6.07, 6.45) is 1.50. The van der Waals surface area contributed by atoms with E-state index in [-0.39, 0.29) is 0 Å². The molecule has 0 bridgehead atoms. The molecule has 1 rings (SSSR count). The number of amides is 2. The number of hydrogen-bond acceptors (Lipinski definition) is 3. The minimum atomic E-state index is -0.717. The number of hydrazone groups is 1. The molecule has 2 amide bonds. The SMILES string of the molecule is CCN(CC)C(=O)C(=O)N/N=C/c1ccc(I)cc1. The lowest BCUT2D eigenvalue weighted by Crippen LogP contribution is -2.41. The van der Waals surface area contributed by atoms with Gasteiger partial charge in [-0.15, -0.1) is 0 Å². The highest BCUT2D eigenvalue weighted by molar-refractivity contribution is 14.1. The topological polar surface area (TPSA) is 61.8 Å². The first kappa shape index (κ1) is 15.6. The average Bonchev–Trinajstić information content (AvgIpc) is 2.42. The lowest BCUT2D eigenvalue weighted by atomic mass is 10.2. The first-order valence-electron chi connectivity index (χ1n) is 5.96. The highest BCUT2D eigenvalue weighted by Gasteiger charge is 2.18. The molecule has 0 fully saturated rings. The van der Waals surface area contributed by atoms with Crippen molar-refractivity contribution in [2.24, 2.45) is 5.10 Å². The minimum Gasteiger partial charge on any atom is -0.335 e. The molecular weight excluding hydrogens is 357 g/mol. The van der Waals surface area contributed by atoms with Gasteiger partial charge < -0.3 is 4.90 Å². The van der Waals surface area contributed by atoms with Gasteiger partial charge in [-0.3, -0.25) is 9.59 Å². The molecule has 1 aromatic carbocycles. The number of nitrogens with one attached hydrogen (secondary N) is 1. The Balaban J connectivity index is 2.54. The predicted molar refractivity (Wildman–Crippen MR) is 82.8 cm³/mol. The van der Waals surface area contributed by atoms with Gasteiger partial charge in [0.25, 0.3) is 0 Å². The Kier molecular flexibility index (Phi) is 6.48. The summed E-state index contributed by atoms with van der Waals surface area (Å²) in [7, 11) is 0. The fourth-order valence-electron chi connectivity index (χ4n) is 1.42. The quantitative estimate of drug-likeness (QED) is 0.377. The molecule has 5 nitrogen and oxygen atoms in total. The number of carbonyl (C=O) groups is 2. The minimum absolute atomic E-state index is 0.504. The molecule has 0 aliphatic heterocycles. The molecule has 102 valence electrons. The van der Waals surface area contributed by atoms with Crippen molar-refractivity contribution >= 4 is 40.6 Å². The Labute approximate surface area is 126 Å². The van der Waals surface area contributed by atoms with Gasteiger partial charge in [0.1, 0.15) is 0 Å². The van der Waals surface area contributed by atoms with Crippen LogP contribution in [-0.4, -0.2) is 36.0 Å². The second-order valence-corrected chi connectivity index (χ2v) is 4.97. The van der Waals surface area contributed by atoms with Crippen molar-refractivity contribution in [3.63, 3.8) is 0 Å². The van der Waals surface area contributed by atoms with Crippen LogP contribution in [0.4, 0.5) is 0 Å². The third kappa shape index (κ3) is 4.98. The monoisotopic (exact) mass is 373 g/mol. The summed E-state index contributed by atoms with van der Waals surface area (Å²) >= 11 is 2.20. The standard InChI is InChI=1S/C13H16IN3O2/c1-3-17(4-2)13(19)12(18)16-15-9-10-5-7-11(14)8-6-10/h5-9H,3-4H2,1-2H3,(H,16,18)/b15-9+. The average molecular weight is 373 g/mol. The number of benzene rings is 1. The molecule has 0 heterocycles. The van der Waals surface area contributed by atoms with E-state index in [2.05, 4.69) is 33.1 Å². The van der Waals surface area contributed by atoms with E-state index < -0.39 is 11.8 Å². The first-order chi connectivity index (χ1) is 9.08. The number of hydrogen-bond donors (Lipinski definition) is 1. The van der Waals surface area contributed by atoms with Gasteiger partial charge >= 0.3 is 11.8 Å². The molecule has 0 saturated heterocycles. The Bertz CT molecular complexity index is 467. The first-order valence-corrected chi connectivity index (χ1v) is 7.04. The van der Waals surface area contributed by atoms with Gasteiger partial charge in [0.05, 0.1) is 6.21 Å². The van der Waals surface area contributed by atoms with Crippen LogP contribution in [0.2, 0.25) is 0 Å². The van der Waals surface area contributed by atoms with E-state index in [9.17, 15) is 9.59 Å². The van der Waals surface area contributed by atoms with Gasteiger partial charge in [-0.2, -0.15) is 5.10 Å². The Morgan fingerprint density at radius 1 is 1.26 bits per heavy atom. The normalized spacial score (nSPS) is 10.5. The number of likely N-dealkylation sites (N-methyl/N-ethyl adjacent to an activating group) is 1. The number of nitrogens with zero attached hydrogens (tertiary/aromatic N) is 2. The van der Waals surface area contributed by atoms with Crippen molar-refractivity contribution in [1.29, 1.82) is 0 Å². The fraction of sp³-hybridized carbons (Fsp3) is 0.308. The maximum atomic E-state index is 11.6. The molecule has 6 heteroatoms. The molecule has 0 saturated carbocycles. The van der Waals surface area contributed by atoms with E-state index in [1.165, 1.54) is 11.1 Å². The van der Waals surface area contributed by atoms with E-state index in [0.29, 0.717) is 13.1 Å². The van der Waals surface area contributed by atoms with E-state index in [1.54, 1.807) is 0 Å². The van der Waals surface area contributed by atoms with E-state index in [0.717, 1.165) is 9.13 Å². The molecule has 0 aliphatic carbocycles. The second kappa shape index (κ2) is 7.88. The van der Waals surface area contributed by atoms with E-state index in [4.69, 9.17) is 0 Å². The van der Waals surface area contributed by atoms with Crippen molar-refractivity contribution in [3.8, 4) is 0 Å². The van der Waals surface area contributed by atoms with Crippen LogP contribution in [0.1, 0.15) is 19.4 Å². The molecule has 0 radical (unpaired) electrons. The van der Waals surface area contributed by atoms with Crippen LogP contribution in [0.15, 0.2) is 29.4 Å². The highest BCUT2D eigenvalue weighted by Crippen LogP contribution is 2.04.